The van der Waals surface area contributed by atoms with Crippen molar-refractivity contribution in [2.45, 2.75) is 18.9 Å². The number of hydrogen-bond acceptors (Lipinski definition) is 5. The molecule has 0 bridgehead atoms. The van der Waals surface area contributed by atoms with Gasteiger partial charge < -0.3 is 20.1 Å². The summed E-state index contributed by atoms with van der Waals surface area (Å²) < 4.78 is 41.2. The number of alkyl halides is 3. The van der Waals surface area contributed by atoms with Crippen molar-refractivity contribution in [3.63, 3.8) is 0 Å². The number of halogens is 5. The Morgan fingerprint density at radius 2 is 2.14 bits per heavy atom. The van der Waals surface area contributed by atoms with E-state index in [1.807, 2.05) is 4.90 Å². The van der Waals surface area contributed by atoms with Crippen LogP contribution in [0.1, 0.15) is 16.8 Å². The Morgan fingerprint density at radius 3 is 2.71 bits per heavy atom. The molecule has 1 fully saturated rings. The Labute approximate surface area is 171 Å². The minimum Gasteiger partial charge on any atom is -0.404 e. The molecular weight excluding hydrogens is 467 g/mol. The number of amides is 1. The van der Waals surface area contributed by atoms with E-state index in [1.165, 1.54) is 12.3 Å². The topological polar surface area (TPSA) is 74.7 Å². The third kappa shape index (κ3) is 5.06. The van der Waals surface area contributed by atoms with Gasteiger partial charge in [-0.3, -0.25) is 4.79 Å². The number of ether oxygens (including phenoxy) is 1. The largest absolute Gasteiger partial charge is 0.573 e. The van der Waals surface area contributed by atoms with Crippen LogP contribution in [0.5, 0.6) is 5.75 Å². The zero-order valence-electron chi connectivity index (χ0n) is 14.1. The zero-order chi connectivity index (χ0) is 20.5. The van der Waals surface area contributed by atoms with Gasteiger partial charge in [-0.2, -0.15) is 0 Å². The molecule has 0 saturated carbocycles. The first-order valence-electron chi connectivity index (χ1n) is 8.07. The smallest absolute Gasteiger partial charge is 0.404 e. The molecule has 2 aromatic rings. The Bertz CT molecular complexity index is 898. The number of nitrogens with zero attached hydrogens (tertiary/aromatic N) is 2. The standard InChI is InChI=1S/C17H14BrClF3N3O3/c18-12-5-9(7-23-15(12)25-4-3-11(26)8-25)16(27)24-10-1-2-14(13(19)6-10)28-17(20,21)22/h1-2,5-7,11,26H,3-4,8H2,(H,24,27). The van der Waals surface area contributed by atoms with Gasteiger partial charge in [-0.25, -0.2) is 4.98 Å². The van der Waals surface area contributed by atoms with Crippen molar-refractivity contribution in [3.05, 3.63) is 45.5 Å². The van der Waals surface area contributed by atoms with E-state index in [0.29, 0.717) is 29.8 Å². The summed E-state index contributed by atoms with van der Waals surface area (Å²) in [5.74, 6) is -0.458. The van der Waals surface area contributed by atoms with Gasteiger partial charge in [0.1, 0.15) is 11.6 Å². The number of anilines is 2. The first kappa shape index (κ1) is 20.7. The first-order chi connectivity index (χ1) is 13.1. The Morgan fingerprint density at radius 1 is 1.39 bits per heavy atom. The van der Waals surface area contributed by atoms with Crippen molar-refractivity contribution in [3.8, 4) is 5.75 Å². The van der Waals surface area contributed by atoms with Crippen LogP contribution in [0.2, 0.25) is 5.02 Å². The van der Waals surface area contributed by atoms with E-state index in [9.17, 15) is 23.1 Å². The predicted octanol–water partition coefficient (Wildman–Crippen LogP) is 4.22. The molecule has 1 aromatic heterocycles. The second kappa shape index (κ2) is 8.14. The van der Waals surface area contributed by atoms with Crippen LogP contribution in [0.4, 0.5) is 24.7 Å². The van der Waals surface area contributed by atoms with Gasteiger partial charge in [0.2, 0.25) is 0 Å². The average molecular weight is 481 g/mol. The number of aliphatic hydroxyl groups is 1. The highest BCUT2D eigenvalue weighted by molar-refractivity contribution is 9.10. The van der Waals surface area contributed by atoms with Crippen molar-refractivity contribution in [1.29, 1.82) is 0 Å². The molecule has 2 N–H and O–H groups in total. The van der Waals surface area contributed by atoms with Crippen LogP contribution >= 0.6 is 27.5 Å². The quantitative estimate of drug-likeness (QED) is 0.685. The van der Waals surface area contributed by atoms with E-state index in [4.69, 9.17) is 11.6 Å². The number of nitrogens with one attached hydrogen (secondary N) is 1. The van der Waals surface area contributed by atoms with Crippen LogP contribution in [0, 0.1) is 0 Å². The minimum absolute atomic E-state index is 0.201. The molecule has 3 rings (SSSR count). The van der Waals surface area contributed by atoms with Crippen LogP contribution in [0.3, 0.4) is 0 Å². The van der Waals surface area contributed by atoms with Crippen LogP contribution in [-0.2, 0) is 0 Å². The van der Waals surface area contributed by atoms with E-state index in [0.717, 1.165) is 12.1 Å². The average Bonchev–Trinajstić information content (AvgIpc) is 3.02. The molecule has 0 spiro atoms. The summed E-state index contributed by atoms with van der Waals surface area (Å²) in [6, 6.07) is 4.99. The highest BCUT2D eigenvalue weighted by atomic mass is 79.9. The van der Waals surface area contributed by atoms with Gasteiger partial charge >= 0.3 is 6.36 Å². The molecule has 0 aliphatic carbocycles. The zero-order valence-corrected chi connectivity index (χ0v) is 16.5. The van der Waals surface area contributed by atoms with E-state index in [2.05, 4.69) is 31.0 Å². The molecule has 6 nitrogen and oxygen atoms in total. The molecule has 1 unspecified atom stereocenters. The molecule has 11 heteroatoms. The van der Waals surface area contributed by atoms with E-state index < -0.39 is 24.1 Å². The van der Waals surface area contributed by atoms with Crippen LogP contribution < -0.4 is 15.0 Å². The normalized spacial score (nSPS) is 16.9. The second-order valence-corrected chi connectivity index (χ2v) is 7.33. The third-order valence-electron chi connectivity index (χ3n) is 3.96. The van der Waals surface area contributed by atoms with Crippen LogP contribution in [-0.4, -0.2) is 41.6 Å². The first-order valence-corrected chi connectivity index (χ1v) is 9.24. The number of β-amino-alcohol motifs (C(OH)–C–C–N with tert-alkyl or cyclic N) is 1. The molecule has 2 heterocycles. The maximum absolute atomic E-state index is 12.4. The Balaban J connectivity index is 1.71. The molecule has 1 aliphatic rings. The molecule has 1 saturated heterocycles. The van der Waals surface area contributed by atoms with Gasteiger partial charge in [0.15, 0.2) is 0 Å². The lowest BCUT2D eigenvalue weighted by molar-refractivity contribution is -0.274. The van der Waals surface area contributed by atoms with Gasteiger partial charge in [-0.1, -0.05) is 11.6 Å². The Hall–Kier alpha value is -2.04. The fourth-order valence-corrected chi connectivity index (χ4v) is 3.53. The lowest BCUT2D eigenvalue weighted by Gasteiger charge is -2.18. The summed E-state index contributed by atoms with van der Waals surface area (Å²) in [4.78, 5) is 18.6. The highest BCUT2D eigenvalue weighted by Gasteiger charge is 2.32. The summed E-state index contributed by atoms with van der Waals surface area (Å²) in [7, 11) is 0. The molecule has 0 radical (unpaired) electrons. The van der Waals surface area contributed by atoms with Crippen molar-refractivity contribution >= 4 is 44.9 Å². The molecule has 150 valence electrons. The van der Waals surface area contributed by atoms with E-state index in [1.54, 1.807) is 6.07 Å². The number of aromatic nitrogens is 1. The highest BCUT2D eigenvalue weighted by Crippen LogP contribution is 2.32. The minimum atomic E-state index is -4.86. The lowest BCUT2D eigenvalue weighted by atomic mass is 10.2. The molecule has 1 amide bonds. The van der Waals surface area contributed by atoms with Gasteiger partial charge in [0.05, 0.1) is 21.2 Å². The number of carbonyl (C=O) groups excluding carboxylic acids is 1. The van der Waals surface area contributed by atoms with Gasteiger partial charge in [0.25, 0.3) is 5.91 Å². The number of rotatable bonds is 4. The van der Waals surface area contributed by atoms with Crippen molar-refractivity contribution in [2.24, 2.45) is 0 Å². The summed E-state index contributed by atoms with van der Waals surface area (Å²) >= 11 is 9.14. The summed E-state index contributed by atoms with van der Waals surface area (Å²) in [5.41, 5.74) is 0.439. The van der Waals surface area contributed by atoms with Gasteiger partial charge in [-0.15, -0.1) is 13.2 Å². The Kier molecular flexibility index (Phi) is 6.01. The molecule has 1 aliphatic heterocycles. The van der Waals surface area contributed by atoms with Crippen LogP contribution in [0.15, 0.2) is 34.9 Å². The fourth-order valence-electron chi connectivity index (χ4n) is 2.71. The van der Waals surface area contributed by atoms with Gasteiger partial charge in [-0.05, 0) is 46.6 Å². The molecule has 1 atom stereocenters. The summed E-state index contributed by atoms with van der Waals surface area (Å²) in [5, 5.41) is 11.9. The van der Waals surface area contributed by atoms with Crippen molar-refractivity contribution < 1.29 is 27.8 Å². The predicted molar refractivity (Wildman–Crippen MR) is 101 cm³/mol. The second-order valence-electron chi connectivity index (χ2n) is 6.07. The summed E-state index contributed by atoms with van der Waals surface area (Å²) in [6.07, 6.45) is -3.25. The van der Waals surface area contributed by atoms with Crippen molar-refractivity contribution in [2.75, 3.05) is 23.3 Å². The van der Waals surface area contributed by atoms with E-state index in [-0.39, 0.29) is 16.3 Å². The molecule has 28 heavy (non-hydrogen) atoms. The van der Waals surface area contributed by atoms with Crippen LogP contribution in [0.25, 0.3) is 0 Å². The lowest BCUT2D eigenvalue weighted by Crippen LogP contribution is -2.23. The summed E-state index contributed by atoms with van der Waals surface area (Å²) in [6.45, 7) is 1.12. The van der Waals surface area contributed by atoms with E-state index >= 15 is 0 Å². The monoisotopic (exact) mass is 479 g/mol. The van der Waals surface area contributed by atoms with Crippen molar-refractivity contribution in [1.82, 2.24) is 4.98 Å². The number of benzene rings is 1. The van der Waals surface area contributed by atoms with Gasteiger partial charge in [0, 0.05) is 25.0 Å². The number of hydrogen-bond donors (Lipinski definition) is 2. The fraction of sp³-hybridized carbons (Fsp3) is 0.294. The number of carbonyl (C=O) groups is 1. The SMILES string of the molecule is O=C(Nc1ccc(OC(F)(F)F)c(Cl)c1)c1cnc(N2CCC(O)C2)c(Br)c1. The molecular formula is C17H14BrClF3N3O3. The number of aliphatic hydroxyl groups excluding tert-OH is 1. The maximum atomic E-state index is 12.4. The number of pyridine rings is 1. The molecule has 1 aromatic carbocycles. The maximum Gasteiger partial charge on any atom is 0.573 e. The third-order valence-corrected chi connectivity index (χ3v) is 4.84.